The van der Waals surface area contributed by atoms with Gasteiger partial charge in [-0.15, -0.1) is 0 Å². The van der Waals surface area contributed by atoms with Crippen molar-refractivity contribution in [2.45, 2.75) is 39.8 Å². The van der Waals surface area contributed by atoms with Crippen molar-refractivity contribution in [1.82, 2.24) is 19.8 Å². The number of pyridine rings is 1. The molecular formula is C24H27BrN4S. The molecule has 30 heavy (non-hydrogen) atoms. The molecule has 2 aromatic heterocycles. The first-order valence-electron chi connectivity index (χ1n) is 10.3. The molecule has 0 spiro atoms. The summed E-state index contributed by atoms with van der Waals surface area (Å²) < 4.78 is 3.41. The van der Waals surface area contributed by atoms with Crippen LogP contribution in [-0.2, 0) is 0 Å². The van der Waals surface area contributed by atoms with E-state index < -0.39 is 0 Å². The van der Waals surface area contributed by atoms with E-state index in [-0.39, 0.29) is 12.1 Å². The van der Waals surface area contributed by atoms with Gasteiger partial charge in [-0.3, -0.25) is 4.98 Å². The molecule has 0 unspecified atom stereocenters. The fraction of sp³-hybridized carbons (Fsp3) is 0.333. The summed E-state index contributed by atoms with van der Waals surface area (Å²) in [6.45, 7) is 9.75. The third kappa shape index (κ3) is 3.91. The summed E-state index contributed by atoms with van der Waals surface area (Å²) in [5.41, 5.74) is 5.93. The third-order valence-corrected chi connectivity index (χ3v) is 6.51. The Bertz CT molecular complexity index is 1040. The number of benzene rings is 1. The number of thiocarbonyl (C=S) groups is 1. The van der Waals surface area contributed by atoms with Crippen LogP contribution in [0, 0.1) is 19.8 Å². The fourth-order valence-electron chi connectivity index (χ4n) is 4.41. The molecule has 156 valence electrons. The van der Waals surface area contributed by atoms with E-state index in [0.717, 1.165) is 27.5 Å². The summed E-state index contributed by atoms with van der Waals surface area (Å²) in [6, 6.07) is 17.0. The number of nitrogens with one attached hydrogen (secondary N) is 1. The molecule has 3 aromatic rings. The second-order valence-corrected chi connectivity index (χ2v) is 9.61. The van der Waals surface area contributed by atoms with Crippen LogP contribution < -0.4 is 5.32 Å². The Labute approximate surface area is 192 Å². The molecule has 1 saturated heterocycles. The zero-order valence-corrected chi connectivity index (χ0v) is 20.2. The summed E-state index contributed by atoms with van der Waals surface area (Å²) in [5.74, 6) is 0.504. The van der Waals surface area contributed by atoms with E-state index in [4.69, 9.17) is 12.2 Å². The Kier molecular flexibility index (Phi) is 5.98. The van der Waals surface area contributed by atoms with Gasteiger partial charge in [0, 0.05) is 34.3 Å². The summed E-state index contributed by atoms with van der Waals surface area (Å²) in [6.07, 6.45) is 1.85. The minimum atomic E-state index is 0.0244. The zero-order chi connectivity index (χ0) is 21.4. The first-order chi connectivity index (χ1) is 14.4. The van der Waals surface area contributed by atoms with Gasteiger partial charge in [0.05, 0.1) is 17.8 Å². The molecule has 1 aliphatic heterocycles. The molecule has 0 radical (unpaired) electrons. The van der Waals surface area contributed by atoms with Gasteiger partial charge in [0.25, 0.3) is 0 Å². The number of hydrogen-bond donors (Lipinski definition) is 1. The number of nitrogens with zero attached hydrogens (tertiary/aromatic N) is 3. The van der Waals surface area contributed by atoms with Crippen LogP contribution >= 0.6 is 28.1 Å². The average molecular weight is 483 g/mol. The Morgan fingerprint density at radius 1 is 1.13 bits per heavy atom. The Balaban J connectivity index is 1.83. The summed E-state index contributed by atoms with van der Waals surface area (Å²) >= 11 is 9.32. The lowest BCUT2D eigenvalue weighted by Crippen LogP contribution is -2.33. The Hall–Kier alpha value is -2.18. The predicted molar refractivity (Wildman–Crippen MR) is 130 cm³/mol. The van der Waals surface area contributed by atoms with Gasteiger partial charge in [0.2, 0.25) is 0 Å². The number of rotatable bonds is 5. The van der Waals surface area contributed by atoms with Gasteiger partial charge in [0.15, 0.2) is 5.11 Å². The highest BCUT2D eigenvalue weighted by Gasteiger charge is 2.41. The molecule has 0 aliphatic carbocycles. The van der Waals surface area contributed by atoms with Crippen LogP contribution in [0.3, 0.4) is 0 Å². The molecule has 3 heterocycles. The van der Waals surface area contributed by atoms with Crippen molar-refractivity contribution in [3.63, 3.8) is 0 Å². The summed E-state index contributed by atoms with van der Waals surface area (Å²) in [5, 5.41) is 4.36. The molecule has 1 fully saturated rings. The van der Waals surface area contributed by atoms with Crippen LogP contribution in [0.2, 0.25) is 0 Å². The van der Waals surface area contributed by atoms with Gasteiger partial charge >= 0.3 is 0 Å². The van der Waals surface area contributed by atoms with Crippen molar-refractivity contribution in [1.29, 1.82) is 0 Å². The van der Waals surface area contributed by atoms with Gasteiger partial charge in [0.1, 0.15) is 0 Å². The number of halogens is 1. The molecule has 2 atom stereocenters. The molecule has 6 heteroatoms. The minimum Gasteiger partial charge on any atom is -0.352 e. The molecule has 1 N–H and O–H groups in total. The van der Waals surface area contributed by atoms with Crippen molar-refractivity contribution < 1.29 is 0 Å². The standard InChI is InChI=1S/C24H27BrN4S/c1-15(2)14-28-23(22(27-24(28)30)21-7-5-6-12-26-21)20-13-16(3)29(17(20)4)19-10-8-18(25)9-11-19/h5-13,15,22-23H,14H2,1-4H3,(H,27,30)/t22-,23+/m1/s1. The Morgan fingerprint density at radius 2 is 1.87 bits per heavy atom. The molecule has 0 saturated carbocycles. The monoisotopic (exact) mass is 482 g/mol. The molecule has 4 nitrogen and oxygen atoms in total. The lowest BCUT2D eigenvalue weighted by Gasteiger charge is -2.29. The van der Waals surface area contributed by atoms with E-state index in [2.05, 4.69) is 99.8 Å². The summed E-state index contributed by atoms with van der Waals surface area (Å²) in [7, 11) is 0. The second kappa shape index (κ2) is 8.52. The maximum absolute atomic E-state index is 5.78. The van der Waals surface area contributed by atoms with Crippen molar-refractivity contribution in [3.05, 3.63) is 81.8 Å². The van der Waals surface area contributed by atoms with Crippen LogP contribution in [0.4, 0.5) is 0 Å². The number of aryl methyl sites for hydroxylation is 1. The van der Waals surface area contributed by atoms with E-state index in [1.54, 1.807) is 0 Å². The van der Waals surface area contributed by atoms with Crippen molar-refractivity contribution in [2.75, 3.05) is 6.54 Å². The van der Waals surface area contributed by atoms with Gasteiger partial charge in [-0.1, -0.05) is 35.8 Å². The second-order valence-electron chi connectivity index (χ2n) is 8.31. The van der Waals surface area contributed by atoms with E-state index in [1.165, 1.54) is 17.0 Å². The average Bonchev–Trinajstić information content (AvgIpc) is 3.19. The molecule has 1 aliphatic rings. The van der Waals surface area contributed by atoms with Crippen molar-refractivity contribution in [2.24, 2.45) is 5.92 Å². The SMILES string of the molecule is Cc1cc([C@H]2[C@@H](c3ccccn3)NC(=S)N2CC(C)C)c(C)n1-c1ccc(Br)cc1. The lowest BCUT2D eigenvalue weighted by molar-refractivity contribution is 0.287. The molecule has 4 rings (SSSR count). The zero-order valence-electron chi connectivity index (χ0n) is 17.8. The van der Waals surface area contributed by atoms with E-state index >= 15 is 0 Å². The summed E-state index contributed by atoms with van der Waals surface area (Å²) in [4.78, 5) is 6.99. The van der Waals surface area contributed by atoms with Crippen LogP contribution in [0.1, 0.15) is 48.6 Å². The molecule has 1 aromatic carbocycles. The van der Waals surface area contributed by atoms with Gasteiger partial charge in [-0.25, -0.2) is 0 Å². The van der Waals surface area contributed by atoms with E-state index in [0.29, 0.717) is 5.92 Å². The quantitative estimate of drug-likeness (QED) is 0.460. The van der Waals surface area contributed by atoms with Gasteiger partial charge in [-0.2, -0.15) is 0 Å². The van der Waals surface area contributed by atoms with Crippen LogP contribution in [-0.4, -0.2) is 26.1 Å². The number of aromatic nitrogens is 2. The molecule has 0 amide bonds. The third-order valence-electron chi connectivity index (χ3n) is 5.63. The van der Waals surface area contributed by atoms with Crippen molar-refractivity contribution in [3.8, 4) is 5.69 Å². The molecule has 0 bridgehead atoms. The van der Waals surface area contributed by atoms with E-state index in [1.807, 2.05) is 18.3 Å². The molecular weight excluding hydrogens is 456 g/mol. The predicted octanol–water partition coefficient (Wildman–Crippen LogP) is 5.88. The maximum atomic E-state index is 5.78. The highest BCUT2D eigenvalue weighted by atomic mass is 79.9. The van der Waals surface area contributed by atoms with Gasteiger partial charge in [-0.05, 0) is 80.0 Å². The lowest BCUT2D eigenvalue weighted by atomic mass is 9.96. The fourth-order valence-corrected chi connectivity index (χ4v) is 4.99. The first kappa shape index (κ1) is 21.1. The smallest absolute Gasteiger partial charge is 0.170 e. The van der Waals surface area contributed by atoms with Crippen LogP contribution in [0.25, 0.3) is 5.69 Å². The minimum absolute atomic E-state index is 0.0244. The highest BCUT2D eigenvalue weighted by Crippen LogP contribution is 2.41. The van der Waals surface area contributed by atoms with Crippen LogP contribution in [0.5, 0.6) is 0 Å². The largest absolute Gasteiger partial charge is 0.352 e. The van der Waals surface area contributed by atoms with E-state index in [9.17, 15) is 0 Å². The van der Waals surface area contributed by atoms with Gasteiger partial charge < -0.3 is 14.8 Å². The maximum Gasteiger partial charge on any atom is 0.170 e. The topological polar surface area (TPSA) is 33.1 Å². The number of hydrogen-bond acceptors (Lipinski definition) is 2. The highest BCUT2D eigenvalue weighted by molar-refractivity contribution is 9.10. The van der Waals surface area contributed by atoms with Crippen LogP contribution in [0.15, 0.2) is 59.2 Å². The Morgan fingerprint density at radius 3 is 2.50 bits per heavy atom. The van der Waals surface area contributed by atoms with Crippen molar-refractivity contribution >= 4 is 33.3 Å². The normalized spacial score (nSPS) is 18.9. The first-order valence-corrected chi connectivity index (χ1v) is 11.5.